The van der Waals surface area contributed by atoms with Crippen molar-refractivity contribution in [1.29, 1.82) is 0 Å². The van der Waals surface area contributed by atoms with Crippen molar-refractivity contribution in [3.63, 3.8) is 0 Å². The second kappa shape index (κ2) is 23.7. The minimum absolute atomic E-state index is 1.04. The fraction of sp³-hybridized carbons (Fsp3) is 0. The third-order valence-electron chi connectivity index (χ3n) is 20.7. The van der Waals surface area contributed by atoms with Gasteiger partial charge in [-0.05, 0) is 207 Å². The van der Waals surface area contributed by atoms with Gasteiger partial charge >= 0.3 is 0 Å². The lowest BCUT2D eigenvalue weighted by Crippen LogP contribution is -2.10. The lowest BCUT2D eigenvalue weighted by Gasteiger charge is -2.26. The Hall–Kier alpha value is -13.5. The Bertz CT molecular complexity index is 6200. The number of para-hydroxylation sites is 6. The van der Waals surface area contributed by atoms with Gasteiger partial charge in [0, 0.05) is 82.9 Å². The predicted octanol–water partition coefficient (Wildman–Crippen LogP) is 25.9. The van der Waals surface area contributed by atoms with Crippen LogP contribution in [-0.2, 0) is 0 Å². The van der Waals surface area contributed by atoms with Crippen molar-refractivity contribution in [3.05, 3.63) is 382 Å². The number of aromatic nitrogens is 4. The minimum Gasteiger partial charge on any atom is -0.310 e. The van der Waals surface area contributed by atoms with Gasteiger partial charge in [0.2, 0.25) is 0 Å². The normalized spacial score (nSPS) is 11.8. The van der Waals surface area contributed by atoms with Crippen molar-refractivity contribution >= 4 is 104 Å². The third kappa shape index (κ3) is 9.69. The highest BCUT2D eigenvalue weighted by Gasteiger charge is 2.23. The third-order valence-corrected chi connectivity index (χ3v) is 20.7. The van der Waals surface area contributed by atoms with E-state index in [1.54, 1.807) is 0 Å². The summed E-state index contributed by atoms with van der Waals surface area (Å²) in [4.78, 5) is 2.44. The molecular formula is C96H63N5. The predicted molar refractivity (Wildman–Crippen MR) is 426 cm³/mol. The van der Waals surface area contributed by atoms with E-state index in [4.69, 9.17) is 0 Å². The first kappa shape index (κ1) is 57.7. The molecule has 4 heterocycles. The monoisotopic (exact) mass is 1290 g/mol. The molecule has 5 heteroatoms. The summed E-state index contributed by atoms with van der Waals surface area (Å²) in [5.41, 5.74) is 28.6. The second-order valence-electron chi connectivity index (χ2n) is 26.5. The van der Waals surface area contributed by atoms with E-state index < -0.39 is 0 Å². The zero-order valence-corrected chi connectivity index (χ0v) is 55.1. The van der Waals surface area contributed by atoms with Crippen LogP contribution in [0.15, 0.2) is 382 Å². The van der Waals surface area contributed by atoms with Crippen LogP contribution in [-0.4, -0.2) is 18.3 Å². The molecule has 0 N–H and O–H groups in total. The molecule has 20 rings (SSSR count). The highest BCUT2D eigenvalue weighted by Crippen LogP contribution is 2.46. The molecule has 0 unspecified atom stereocenters. The molecule has 101 heavy (non-hydrogen) atoms. The molecule has 0 aliphatic rings. The van der Waals surface area contributed by atoms with Crippen molar-refractivity contribution < 1.29 is 0 Å². The van der Waals surface area contributed by atoms with Gasteiger partial charge in [-0.25, -0.2) is 0 Å². The van der Waals surface area contributed by atoms with Gasteiger partial charge in [-0.1, -0.05) is 231 Å². The summed E-state index contributed by atoms with van der Waals surface area (Å²) in [5.74, 6) is 0. The molecule has 0 saturated heterocycles. The number of hydrogen-bond donors (Lipinski definition) is 0. The Morgan fingerprint density at radius 3 is 0.792 bits per heavy atom. The molecule has 0 atom stereocenters. The zero-order chi connectivity index (χ0) is 66.5. The van der Waals surface area contributed by atoms with Crippen molar-refractivity contribution in [2.45, 2.75) is 0 Å². The summed E-state index contributed by atoms with van der Waals surface area (Å²) in [7, 11) is 0. The summed E-state index contributed by atoms with van der Waals surface area (Å²) >= 11 is 0. The summed E-state index contributed by atoms with van der Waals surface area (Å²) in [5, 5.41) is 9.69. The fourth-order valence-corrected chi connectivity index (χ4v) is 16.0. The SMILES string of the molecule is c1ccc(-c2ccc(-n3c4ccccc4c4cc(-c5cc(-c6ccc(N(c7ccc8c9ccccc9n(-c9ccccc9)c8c7)c7ccc8c9ccccc9n(-c9ccccc9)c8c7)cc6)cc(-c6ccc7c(c6)c6ccccc6n7-c6ccc(-c7ccccc7)cc6)c5)ccc43)cc2)cc1. The molecule has 5 nitrogen and oxygen atoms in total. The molecule has 0 bridgehead atoms. The number of benzene rings is 16. The van der Waals surface area contributed by atoms with Crippen LogP contribution in [0.1, 0.15) is 0 Å². The number of anilines is 3. The van der Waals surface area contributed by atoms with Crippen LogP contribution >= 0.6 is 0 Å². The summed E-state index contributed by atoms with van der Waals surface area (Å²) < 4.78 is 9.66. The molecule has 0 aliphatic carbocycles. The van der Waals surface area contributed by atoms with Crippen LogP contribution in [0.3, 0.4) is 0 Å². The fourth-order valence-electron chi connectivity index (χ4n) is 16.0. The first-order chi connectivity index (χ1) is 50.1. The van der Waals surface area contributed by atoms with Crippen LogP contribution in [0, 0.1) is 0 Å². The average Bonchev–Trinajstić information content (AvgIpc) is 1.62. The van der Waals surface area contributed by atoms with Gasteiger partial charge in [-0.15, -0.1) is 0 Å². The lowest BCUT2D eigenvalue weighted by atomic mass is 9.92. The van der Waals surface area contributed by atoms with Gasteiger partial charge in [-0.2, -0.15) is 0 Å². The average molecular weight is 1290 g/mol. The van der Waals surface area contributed by atoms with Crippen molar-refractivity contribution in [3.8, 4) is 78.4 Å². The Morgan fingerprint density at radius 1 is 0.139 bits per heavy atom. The Labute approximate surface area is 584 Å². The van der Waals surface area contributed by atoms with Crippen LogP contribution in [0.25, 0.3) is 166 Å². The van der Waals surface area contributed by atoms with Gasteiger partial charge in [0.1, 0.15) is 0 Å². The molecule has 16 aromatic carbocycles. The summed E-state index contributed by atoms with van der Waals surface area (Å²) in [6, 6.07) is 141. The van der Waals surface area contributed by atoms with E-state index in [1.165, 1.54) is 87.4 Å². The standard InChI is InChI=1S/C96H63N5/c1-5-21-64(22-6-1)66-37-47-77(48-38-66)98-91-35-19-15-31-83(91)87-60-69(43-55-93(87)98)72-57-71(58-73(59-72)70-44-56-94-88(61-70)84-32-16-20-36-92(84)99(94)78-49-39-67(40-50-78)65-23-7-2-8-24-65)68-41-45-76(46-42-68)97(79-51-53-85-81-29-13-17-33-89(81)100(95(85)62-79)74-25-9-3-10-26-74)80-52-54-86-82-30-14-18-34-90(82)101(96(86)63-80)75-27-11-4-12-28-75/h1-63H. The molecule has 0 spiro atoms. The van der Waals surface area contributed by atoms with E-state index in [0.717, 1.165) is 95.3 Å². The van der Waals surface area contributed by atoms with E-state index in [-0.39, 0.29) is 0 Å². The van der Waals surface area contributed by atoms with E-state index in [9.17, 15) is 0 Å². The van der Waals surface area contributed by atoms with Crippen LogP contribution in [0.4, 0.5) is 17.1 Å². The maximum absolute atomic E-state index is 2.44. The Balaban J connectivity index is 0.759. The largest absolute Gasteiger partial charge is 0.310 e. The highest BCUT2D eigenvalue weighted by atomic mass is 15.1. The lowest BCUT2D eigenvalue weighted by molar-refractivity contribution is 1.17. The molecule has 0 fully saturated rings. The number of hydrogen-bond acceptors (Lipinski definition) is 1. The van der Waals surface area contributed by atoms with Gasteiger partial charge in [0.05, 0.1) is 44.1 Å². The first-order valence-corrected chi connectivity index (χ1v) is 34.7. The quantitative estimate of drug-likeness (QED) is 0.120. The maximum atomic E-state index is 2.44. The Morgan fingerprint density at radius 2 is 0.396 bits per heavy atom. The van der Waals surface area contributed by atoms with E-state index in [1.807, 2.05) is 0 Å². The molecule has 0 amide bonds. The van der Waals surface area contributed by atoms with E-state index >= 15 is 0 Å². The molecule has 0 saturated carbocycles. The topological polar surface area (TPSA) is 23.0 Å². The van der Waals surface area contributed by atoms with Crippen molar-refractivity contribution in [2.24, 2.45) is 0 Å². The first-order valence-electron chi connectivity index (χ1n) is 34.7. The summed E-state index contributed by atoms with van der Waals surface area (Å²) in [6.45, 7) is 0. The second-order valence-corrected chi connectivity index (χ2v) is 26.5. The van der Waals surface area contributed by atoms with Gasteiger partial charge in [0.15, 0.2) is 0 Å². The van der Waals surface area contributed by atoms with Gasteiger partial charge < -0.3 is 23.2 Å². The molecule has 0 aliphatic heterocycles. The Kier molecular flexibility index (Phi) is 13.5. The number of fused-ring (bicyclic) bond motifs is 12. The summed E-state index contributed by atoms with van der Waals surface area (Å²) in [6.07, 6.45) is 0. The molecule has 20 aromatic rings. The molecule has 4 aromatic heterocycles. The molecular weight excluding hydrogens is 1220 g/mol. The zero-order valence-electron chi connectivity index (χ0n) is 55.1. The smallest absolute Gasteiger partial charge is 0.0561 e. The number of nitrogens with zero attached hydrogens (tertiary/aromatic N) is 5. The molecule has 472 valence electrons. The van der Waals surface area contributed by atoms with Gasteiger partial charge in [-0.3, -0.25) is 0 Å². The van der Waals surface area contributed by atoms with Crippen LogP contribution in [0.2, 0.25) is 0 Å². The molecule has 0 radical (unpaired) electrons. The minimum atomic E-state index is 1.04. The van der Waals surface area contributed by atoms with E-state index in [0.29, 0.717) is 0 Å². The highest BCUT2D eigenvalue weighted by molar-refractivity contribution is 6.14. The van der Waals surface area contributed by atoms with Crippen LogP contribution < -0.4 is 4.90 Å². The van der Waals surface area contributed by atoms with Gasteiger partial charge in [0.25, 0.3) is 0 Å². The van der Waals surface area contributed by atoms with Crippen molar-refractivity contribution in [2.75, 3.05) is 4.90 Å². The maximum Gasteiger partial charge on any atom is 0.0561 e. The number of rotatable bonds is 12. The van der Waals surface area contributed by atoms with Crippen LogP contribution in [0.5, 0.6) is 0 Å². The van der Waals surface area contributed by atoms with Crippen molar-refractivity contribution in [1.82, 2.24) is 18.3 Å². The van der Waals surface area contributed by atoms with E-state index in [2.05, 4.69) is 405 Å².